The summed E-state index contributed by atoms with van der Waals surface area (Å²) in [7, 11) is 3.36. The number of hydrogen-bond donors (Lipinski definition) is 0. The molecule has 0 N–H and O–H groups in total. The number of hydrogen-bond acceptors (Lipinski definition) is 4. The fraction of sp³-hybridized carbons (Fsp3) is 0.533. The zero-order chi connectivity index (χ0) is 14.5. The first kappa shape index (κ1) is 14.9. The van der Waals surface area contributed by atoms with E-state index in [0.29, 0.717) is 16.6 Å². The summed E-state index contributed by atoms with van der Waals surface area (Å²) < 4.78 is 0. The van der Waals surface area contributed by atoms with Gasteiger partial charge in [-0.25, -0.2) is 4.98 Å². The van der Waals surface area contributed by atoms with E-state index in [4.69, 9.17) is 0 Å². The van der Waals surface area contributed by atoms with Crippen molar-refractivity contribution in [1.82, 2.24) is 9.88 Å². The van der Waals surface area contributed by atoms with E-state index in [9.17, 15) is 10.1 Å². The Kier molecular flexibility index (Phi) is 5.02. The summed E-state index contributed by atoms with van der Waals surface area (Å²) in [5, 5.41) is 9.82. The molecule has 1 aliphatic rings. The van der Waals surface area contributed by atoms with Crippen molar-refractivity contribution in [3.05, 3.63) is 23.5 Å². The van der Waals surface area contributed by atoms with Crippen LogP contribution >= 0.6 is 11.8 Å². The second kappa shape index (κ2) is 6.76. The molecule has 1 saturated carbocycles. The van der Waals surface area contributed by atoms with E-state index < -0.39 is 0 Å². The van der Waals surface area contributed by atoms with Crippen molar-refractivity contribution >= 4 is 17.7 Å². The lowest BCUT2D eigenvalue weighted by molar-refractivity contribution is 0.0822. The normalized spacial score (nSPS) is 15.7. The van der Waals surface area contributed by atoms with Gasteiger partial charge in [0, 0.05) is 24.2 Å². The number of thioether (sulfide) groups is 1. The van der Waals surface area contributed by atoms with Crippen molar-refractivity contribution in [2.75, 3.05) is 14.1 Å². The molecule has 0 radical (unpaired) electrons. The van der Waals surface area contributed by atoms with Crippen molar-refractivity contribution in [1.29, 1.82) is 5.26 Å². The average Bonchev–Trinajstić information content (AvgIpc) is 2.48. The number of carbonyl (C=O) groups excluding carboxylic acids is 1. The van der Waals surface area contributed by atoms with Crippen LogP contribution in [0.4, 0.5) is 0 Å². The maximum atomic E-state index is 11.9. The molecule has 1 aromatic heterocycles. The number of amides is 1. The van der Waals surface area contributed by atoms with Crippen LogP contribution in [0.2, 0.25) is 0 Å². The molecule has 1 aliphatic carbocycles. The Bertz CT molecular complexity index is 530. The van der Waals surface area contributed by atoms with Crippen LogP contribution in [0, 0.1) is 11.3 Å². The summed E-state index contributed by atoms with van der Waals surface area (Å²) in [6.45, 7) is 0. The molecule has 106 valence electrons. The summed E-state index contributed by atoms with van der Waals surface area (Å²) in [4.78, 5) is 18.4. The van der Waals surface area contributed by atoms with Gasteiger partial charge in [-0.2, -0.15) is 5.26 Å². The van der Waals surface area contributed by atoms with Gasteiger partial charge in [0.15, 0.2) is 5.69 Å². The maximum Gasteiger partial charge on any atom is 0.271 e. The van der Waals surface area contributed by atoms with Crippen molar-refractivity contribution in [3.8, 4) is 6.07 Å². The second-order valence-corrected chi connectivity index (χ2v) is 6.57. The minimum atomic E-state index is -0.171. The number of aromatic nitrogens is 1. The van der Waals surface area contributed by atoms with Crippen LogP contribution in [-0.2, 0) is 0 Å². The molecular weight excluding hydrogens is 270 g/mol. The standard InChI is InChI=1S/C15H19N3OS/c1-18(2)15(19)12-8-9-14(13(10-16)17-12)20-11-6-4-3-5-7-11/h8-9,11H,3-7H2,1-2H3. The van der Waals surface area contributed by atoms with Crippen molar-refractivity contribution in [2.45, 2.75) is 42.2 Å². The summed E-state index contributed by atoms with van der Waals surface area (Å²) in [6, 6.07) is 5.70. The topological polar surface area (TPSA) is 57.0 Å². The van der Waals surface area contributed by atoms with E-state index >= 15 is 0 Å². The third-order valence-corrected chi connectivity index (χ3v) is 4.82. The van der Waals surface area contributed by atoms with Gasteiger partial charge in [-0.05, 0) is 25.0 Å². The predicted octanol–water partition coefficient (Wildman–Crippen LogP) is 3.08. The molecule has 1 heterocycles. The smallest absolute Gasteiger partial charge is 0.271 e. The van der Waals surface area contributed by atoms with E-state index in [1.807, 2.05) is 6.07 Å². The molecule has 0 atom stereocenters. The molecule has 0 aliphatic heterocycles. The summed E-state index contributed by atoms with van der Waals surface area (Å²) in [5.74, 6) is -0.171. The van der Waals surface area contributed by atoms with E-state index in [2.05, 4.69) is 11.1 Å². The quantitative estimate of drug-likeness (QED) is 0.858. The van der Waals surface area contributed by atoms with E-state index in [1.165, 1.54) is 37.0 Å². The molecule has 20 heavy (non-hydrogen) atoms. The number of nitrogens with zero attached hydrogens (tertiary/aromatic N) is 3. The summed E-state index contributed by atoms with van der Waals surface area (Å²) in [6.07, 6.45) is 6.26. The predicted molar refractivity (Wildman–Crippen MR) is 79.7 cm³/mol. The van der Waals surface area contributed by atoms with Crippen LogP contribution in [-0.4, -0.2) is 35.1 Å². The van der Waals surface area contributed by atoms with Crippen molar-refractivity contribution in [2.24, 2.45) is 0 Å². The molecule has 2 rings (SSSR count). The third kappa shape index (κ3) is 3.51. The van der Waals surface area contributed by atoms with Crippen LogP contribution in [0.3, 0.4) is 0 Å². The highest BCUT2D eigenvalue weighted by atomic mass is 32.2. The maximum absolute atomic E-state index is 11.9. The molecule has 5 heteroatoms. The molecule has 1 fully saturated rings. The lowest BCUT2D eigenvalue weighted by Crippen LogP contribution is -2.23. The monoisotopic (exact) mass is 289 g/mol. The third-order valence-electron chi connectivity index (χ3n) is 3.44. The zero-order valence-electron chi connectivity index (χ0n) is 11.9. The second-order valence-electron chi connectivity index (χ2n) is 5.23. The summed E-state index contributed by atoms with van der Waals surface area (Å²) in [5.41, 5.74) is 0.702. The Labute approximate surface area is 124 Å². The first-order chi connectivity index (χ1) is 9.61. The van der Waals surface area contributed by atoms with Gasteiger partial charge in [0.05, 0.1) is 0 Å². The highest BCUT2D eigenvalue weighted by Gasteiger charge is 2.18. The molecule has 0 spiro atoms. The fourth-order valence-corrected chi connectivity index (χ4v) is 3.61. The van der Waals surface area contributed by atoms with Gasteiger partial charge in [-0.15, -0.1) is 11.8 Å². The Morgan fingerprint density at radius 3 is 2.65 bits per heavy atom. The van der Waals surface area contributed by atoms with Crippen molar-refractivity contribution in [3.63, 3.8) is 0 Å². The Hall–Kier alpha value is -1.54. The van der Waals surface area contributed by atoms with Crippen LogP contribution < -0.4 is 0 Å². The number of pyridine rings is 1. The summed E-state index contributed by atoms with van der Waals surface area (Å²) >= 11 is 1.73. The van der Waals surface area contributed by atoms with Gasteiger partial charge in [-0.3, -0.25) is 4.79 Å². The van der Waals surface area contributed by atoms with Gasteiger partial charge >= 0.3 is 0 Å². The average molecular weight is 289 g/mol. The van der Waals surface area contributed by atoms with Gasteiger partial charge in [0.2, 0.25) is 0 Å². The lowest BCUT2D eigenvalue weighted by Gasteiger charge is -2.21. The van der Waals surface area contributed by atoms with Crippen molar-refractivity contribution < 1.29 is 4.79 Å². The molecule has 4 nitrogen and oxygen atoms in total. The SMILES string of the molecule is CN(C)C(=O)c1ccc(SC2CCCCC2)c(C#N)n1. The Morgan fingerprint density at radius 2 is 2.05 bits per heavy atom. The zero-order valence-corrected chi connectivity index (χ0v) is 12.7. The van der Waals surface area contributed by atoms with E-state index in [1.54, 1.807) is 31.9 Å². The van der Waals surface area contributed by atoms with Crippen LogP contribution in [0.5, 0.6) is 0 Å². The number of carbonyl (C=O) groups is 1. The minimum Gasteiger partial charge on any atom is -0.343 e. The molecule has 1 amide bonds. The van der Waals surface area contributed by atoms with Crippen LogP contribution in [0.15, 0.2) is 17.0 Å². The Morgan fingerprint density at radius 1 is 1.35 bits per heavy atom. The molecule has 0 aromatic carbocycles. The van der Waals surface area contributed by atoms with Gasteiger partial charge in [0.1, 0.15) is 11.8 Å². The highest BCUT2D eigenvalue weighted by molar-refractivity contribution is 8.00. The molecule has 0 unspecified atom stereocenters. The van der Waals surface area contributed by atoms with Gasteiger partial charge in [-0.1, -0.05) is 19.3 Å². The van der Waals surface area contributed by atoms with E-state index in [-0.39, 0.29) is 5.91 Å². The molecule has 0 saturated heterocycles. The molecule has 1 aromatic rings. The van der Waals surface area contributed by atoms with Gasteiger partial charge in [0.25, 0.3) is 5.91 Å². The van der Waals surface area contributed by atoms with Crippen LogP contribution in [0.25, 0.3) is 0 Å². The highest BCUT2D eigenvalue weighted by Crippen LogP contribution is 2.34. The fourth-order valence-electron chi connectivity index (χ4n) is 2.33. The van der Waals surface area contributed by atoms with Gasteiger partial charge < -0.3 is 4.90 Å². The van der Waals surface area contributed by atoms with Crippen LogP contribution in [0.1, 0.15) is 48.3 Å². The first-order valence-electron chi connectivity index (χ1n) is 6.91. The number of rotatable bonds is 3. The molecule has 0 bridgehead atoms. The largest absolute Gasteiger partial charge is 0.343 e. The Balaban J connectivity index is 2.17. The number of nitriles is 1. The molecular formula is C15H19N3OS. The minimum absolute atomic E-state index is 0.171. The first-order valence-corrected chi connectivity index (χ1v) is 7.79. The van der Waals surface area contributed by atoms with E-state index in [0.717, 1.165) is 4.90 Å². The lowest BCUT2D eigenvalue weighted by atomic mass is 10.0.